The molecule has 0 saturated carbocycles. The zero-order chi connectivity index (χ0) is 27.8. The van der Waals surface area contributed by atoms with Gasteiger partial charge >= 0.3 is 13.6 Å². The number of fused-ring (bicyclic) bond motifs is 1. The van der Waals surface area contributed by atoms with E-state index >= 15 is 0 Å². The SMILES string of the molecule is CCOC(=O)CCNC(=O)[C@H](Cc1ccc(-c2ccccc2)cc1)N(CP(=O)(O)O)c1ccc2c(c1)CCC2. The first-order valence-electron chi connectivity index (χ1n) is 13.2. The Balaban J connectivity index is 1.63. The lowest BCUT2D eigenvalue weighted by Crippen LogP contribution is -2.49. The van der Waals surface area contributed by atoms with Crippen molar-refractivity contribution in [3.8, 4) is 11.1 Å². The molecule has 39 heavy (non-hydrogen) atoms. The van der Waals surface area contributed by atoms with Gasteiger partial charge in [0.1, 0.15) is 12.3 Å². The number of benzene rings is 3. The first kappa shape index (κ1) is 28.6. The summed E-state index contributed by atoms with van der Waals surface area (Å²) in [5, 5.41) is 2.78. The van der Waals surface area contributed by atoms with Crippen LogP contribution in [0.1, 0.15) is 36.5 Å². The predicted octanol–water partition coefficient (Wildman–Crippen LogP) is 4.46. The minimum atomic E-state index is -4.53. The molecule has 3 aromatic carbocycles. The first-order valence-corrected chi connectivity index (χ1v) is 15.0. The molecule has 0 saturated heterocycles. The highest BCUT2D eigenvalue weighted by Gasteiger charge is 2.32. The smallest absolute Gasteiger partial charge is 0.344 e. The standard InChI is InChI=1S/C30H35N2O6P/c1-2-38-29(33)17-18-31-30(34)28(19-22-11-13-25(14-12-22)23-7-4-3-5-8-23)32(21-39(35,36)37)27-16-15-24-9-6-10-26(24)20-27/h3-5,7-8,11-16,20,28H,2,6,9-10,17-19,21H2,1H3,(H,31,34)(H2,35,36,37)/t28-/m0/s1. The minimum Gasteiger partial charge on any atom is -0.466 e. The van der Waals surface area contributed by atoms with Gasteiger partial charge in [0.15, 0.2) is 0 Å². The fourth-order valence-electron chi connectivity index (χ4n) is 4.97. The van der Waals surface area contributed by atoms with Gasteiger partial charge in [-0.1, -0.05) is 60.7 Å². The molecule has 0 bridgehead atoms. The van der Waals surface area contributed by atoms with Crippen molar-refractivity contribution in [2.24, 2.45) is 0 Å². The maximum Gasteiger partial charge on any atom is 0.344 e. The van der Waals surface area contributed by atoms with Gasteiger partial charge in [0.05, 0.1) is 13.0 Å². The number of aryl methyl sites for hydroxylation is 2. The Labute approximate surface area is 229 Å². The van der Waals surface area contributed by atoms with Crippen molar-refractivity contribution < 1.29 is 28.7 Å². The number of nitrogens with one attached hydrogen (secondary N) is 1. The average molecular weight is 551 g/mol. The molecule has 0 fully saturated rings. The lowest BCUT2D eigenvalue weighted by Gasteiger charge is -2.33. The number of carbonyl (C=O) groups excluding carboxylic acids is 2. The molecule has 0 unspecified atom stereocenters. The van der Waals surface area contributed by atoms with Crippen molar-refractivity contribution in [3.63, 3.8) is 0 Å². The minimum absolute atomic E-state index is 0.00934. The monoisotopic (exact) mass is 550 g/mol. The molecule has 0 spiro atoms. The molecule has 0 aromatic heterocycles. The topological polar surface area (TPSA) is 116 Å². The zero-order valence-electron chi connectivity index (χ0n) is 22.1. The second-order valence-corrected chi connectivity index (χ2v) is 11.3. The third-order valence-electron chi connectivity index (χ3n) is 6.85. The van der Waals surface area contributed by atoms with Crippen molar-refractivity contribution in [2.75, 3.05) is 24.3 Å². The molecule has 8 nitrogen and oxygen atoms in total. The summed E-state index contributed by atoms with van der Waals surface area (Å²) in [7, 11) is -4.53. The fraction of sp³-hybridized carbons (Fsp3) is 0.333. The number of hydrogen-bond acceptors (Lipinski definition) is 5. The maximum atomic E-state index is 13.6. The lowest BCUT2D eigenvalue weighted by atomic mass is 9.99. The van der Waals surface area contributed by atoms with E-state index in [2.05, 4.69) is 5.32 Å². The summed E-state index contributed by atoms with van der Waals surface area (Å²) in [5.41, 5.74) is 5.89. The molecule has 1 aliphatic rings. The Morgan fingerprint density at radius 3 is 2.36 bits per heavy atom. The molecular formula is C30H35N2O6P. The summed E-state index contributed by atoms with van der Waals surface area (Å²) in [6.45, 7) is 2.03. The van der Waals surface area contributed by atoms with Crippen LogP contribution in [0.25, 0.3) is 11.1 Å². The Hall–Kier alpha value is -3.45. The molecule has 3 N–H and O–H groups in total. The van der Waals surface area contributed by atoms with Crippen LogP contribution >= 0.6 is 7.60 Å². The van der Waals surface area contributed by atoms with Crippen LogP contribution in [0.4, 0.5) is 5.69 Å². The van der Waals surface area contributed by atoms with Crippen LogP contribution in [0.3, 0.4) is 0 Å². The van der Waals surface area contributed by atoms with Crippen LogP contribution in [0, 0.1) is 0 Å². The molecule has 1 atom stereocenters. The molecule has 1 amide bonds. The highest BCUT2D eigenvalue weighted by atomic mass is 31.2. The number of ether oxygens (including phenoxy) is 1. The zero-order valence-corrected chi connectivity index (χ0v) is 23.0. The van der Waals surface area contributed by atoms with Gasteiger partial charge in [-0.25, -0.2) is 0 Å². The molecule has 3 aromatic rings. The van der Waals surface area contributed by atoms with Gasteiger partial charge in [0, 0.05) is 18.7 Å². The first-order chi connectivity index (χ1) is 18.7. The summed E-state index contributed by atoms with van der Waals surface area (Å²) in [6, 6.07) is 22.6. The second-order valence-electron chi connectivity index (χ2n) is 9.71. The average Bonchev–Trinajstić information content (AvgIpc) is 3.39. The van der Waals surface area contributed by atoms with Crippen molar-refractivity contribution in [3.05, 3.63) is 89.5 Å². The Morgan fingerprint density at radius 2 is 1.67 bits per heavy atom. The fourth-order valence-corrected chi connectivity index (χ4v) is 5.72. The highest BCUT2D eigenvalue weighted by Crippen LogP contribution is 2.39. The molecule has 206 valence electrons. The van der Waals surface area contributed by atoms with Crippen LogP contribution in [0.5, 0.6) is 0 Å². The Morgan fingerprint density at radius 1 is 0.974 bits per heavy atom. The largest absolute Gasteiger partial charge is 0.466 e. The maximum absolute atomic E-state index is 13.6. The van der Waals surface area contributed by atoms with Gasteiger partial charge < -0.3 is 24.7 Å². The summed E-state index contributed by atoms with van der Waals surface area (Å²) in [4.78, 5) is 46.8. The summed E-state index contributed by atoms with van der Waals surface area (Å²) >= 11 is 0. The van der Waals surface area contributed by atoms with E-state index in [1.54, 1.807) is 6.92 Å². The third-order valence-corrected chi connectivity index (χ3v) is 7.53. The number of carbonyl (C=O) groups is 2. The van der Waals surface area contributed by atoms with Crippen molar-refractivity contribution in [1.82, 2.24) is 5.32 Å². The molecule has 0 heterocycles. The van der Waals surface area contributed by atoms with Crippen LogP contribution in [0.2, 0.25) is 0 Å². The van der Waals surface area contributed by atoms with Crippen LogP contribution in [-0.2, 0) is 38.2 Å². The molecular weight excluding hydrogens is 515 g/mol. The lowest BCUT2D eigenvalue weighted by molar-refractivity contribution is -0.143. The molecule has 1 aliphatic carbocycles. The van der Waals surface area contributed by atoms with E-state index < -0.39 is 31.8 Å². The van der Waals surface area contributed by atoms with E-state index in [-0.39, 0.29) is 26.0 Å². The van der Waals surface area contributed by atoms with E-state index in [9.17, 15) is 23.9 Å². The van der Waals surface area contributed by atoms with Gasteiger partial charge in [0.25, 0.3) is 0 Å². The Bertz CT molecular complexity index is 1320. The Kier molecular flexibility index (Phi) is 9.57. The number of hydrogen-bond donors (Lipinski definition) is 3. The van der Waals surface area contributed by atoms with E-state index in [4.69, 9.17) is 4.74 Å². The number of nitrogens with zero attached hydrogens (tertiary/aromatic N) is 1. The molecule has 0 aliphatic heterocycles. The van der Waals surface area contributed by atoms with E-state index in [1.165, 1.54) is 10.5 Å². The quantitative estimate of drug-likeness (QED) is 0.225. The molecule has 4 rings (SSSR count). The van der Waals surface area contributed by atoms with Crippen molar-refractivity contribution >= 4 is 25.2 Å². The van der Waals surface area contributed by atoms with Gasteiger partial charge in [0.2, 0.25) is 5.91 Å². The normalized spacial score (nSPS) is 13.4. The van der Waals surface area contributed by atoms with Gasteiger partial charge in [-0.2, -0.15) is 0 Å². The number of esters is 1. The van der Waals surface area contributed by atoms with Crippen LogP contribution in [0.15, 0.2) is 72.8 Å². The van der Waals surface area contributed by atoms with Crippen molar-refractivity contribution in [1.29, 1.82) is 0 Å². The number of amides is 1. The summed E-state index contributed by atoms with van der Waals surface area (Å²) in [5.74, 6) is -0.836. The summed E-state index contributed by atoms with van der Waals surface area (Å²) < 4.78 is 17.2. The van der Waals surface area contributed by atoms with Crippen LogP contribution in [-0.4, -0.2) is 47.1 Å². The number of rotatable bonds is 12. The highest BCUT2D eigenvalue weighted by molar-refractivity contribution is 7.51. The second kappa shape index (κ2) is 13.1. The number of anilines is 1. The van der Waals surface area contributed by atoms with E-state index in [1.807, 2.05) is 72.8 Å². The van der Waals surface area contributed by atoms with Gasteiger partial charge in [-0.3, -0.25) is 14.2 Å². The van der Waals surface area contributed by atoms with Crippen molar-refractivity contribution in [2.45, 2.75) is 45.1 Å². The third kappa shape index (κ3) is 8.02. The molecule has 9 heteroatoms. The molecule has 0 radical (unpaired) electrons. The van der Waals surface area contributed by atoms with Crippen LogP contribution < -0.4 is 10.2 Å². The predicted molar refractivity (Wildman–Crippen MR) is 151 cm³/mol. The van der Waals surface area contributed by atoms with Gasteiger partial charge in [-0.15, -0.1) is 0 Å². The summed E-state index contributed by atoms with van der Waals surface area (Å²) in [6.07, 6.45) is 2.52. The van der Waals surface area contributed by atoms with E-state index in [0.29, 0.717) is 5.69 Å². The van der Waals surface area contributed by atoms with E-state index in [0.717, 1.165) is 41.5 Å². The van der Waals surface area contributed by atoms with Gasteiger partial charge in [-0.05, 0) is 66.1 Å².